The molecule has 4 heteroatoms. The number of rotatable bonds is 4. The van der Waals surface area contributed by atoms with Gasteiger partial charge in [0, 0.05) is 26.1 Å². The van der Waals surface area contributed by atoms with Crippen LogP contribution in [0.3, 0.4) is 0 Å². The molecule has 0 spiro atoms. The molecule has 2 atom stereocenters. The van der Waals surface area contributed by atoms with Gasteiger partial charge in [-0.2, -0.15) is 0 Å². The second-order valence-corrected chi connectivity index (χ2v) is 6.76. The summed E-state index contributed by atoms with van der Waals surface area (Å²) in [5.41, 5.74) is 8.70. The molecule has 0 aliphatic carbocycles. The lowest BCUT2D eigenvalue weighted by Crippen LogP contribution is -2.35. The Bertz CT molecular complexity index is 491. The van der Waals surface area contributed by atoms with Crippen molar-refractivity contribution in [1.82, 2.24) is 4.90 Å². The Hall–Kier alpha value is -1.39. The number of nitrogens with zero attached hydrogens (tertiary/aromatic N) is 1. The summed E-state index contributed by atoms with van der Waals surface area (Å²) in [6, 6.07) is 8.29. The molecule has 0 radical (unpaired) electrons. The summed E-state index contributed by atoms with van der Waals surface area (Å²) in [5.74, 6) is 0.115. The quantitative estimate of drug-likeness (QED) is 0.925. The van der Waals surface area contributed by atoms with Crippen LogP contribution in [0.5, 0.6) is 0 Å². The number of hydrogen-bond acceptors (Lipinski definition) is 3. The third-order valence-electron chi connectivity index (χ3n) is 4.13. The Balaban J connectivity index is 2.23. The molecule has 2 unspecified atom stereocenters. The van der Waals surface area contributed by atoms with E-state index < -0.39 is 0 Å². The highest BCUT2D eigenvalue weighted by Gasteiger charge is 2.38. The van der Waals surface area contributed by atoms with Gasteiger partial charge in [0.15, 0.2) is 0 Å². The molecule has 116 valence electrons. The van der Waals surface area contributed by atoms with Gasteiger partial charge in [-0.1, -0.05) is 45.0 Å². The number of carbonyl (C=O) groups excluding carboxylic acids is 1. The molecule has 21 heavy (non-hydrogen) atoms. The first-order valence-electron chi connectivity index (χ1n) is 7.49. The first kappa shape index (κ1) is 16.0. The van der Waals surface area contributed by atoms with Crippen molar-refractivity contribution >= 4 is 5.91 Å². The Morgan fingerprint density at radius 3 is 2.43 bits per heavy atom. The lowest BCUT2D eigenvalue weighted by atomic mass is 9.86. The minimum Gasteiger partial charge on any atom is -0.383 e. The van der Waals surface area contributed by atoms with Gasteiger partial charge in [0.1, 0.15) is 0 Å². The van der Waals surface area contributed by atoms with Crippen molar-refractivity contribution in [2.24, 2.45) is 5.73 Å². The average Bonchev–Trinajstić information content (AvgIpc) is 2.70. The highest BCUT2D eigenvalue weighted by molar-refractivity contribution is 5.80. The third kappa shape index (κ3) is 3.44. The van der Waals surface area contributed by atoms with Crippen molar-refractivity contribution in [3.05, 3.63) is 35.4 Å². The van der Waals surface area contributed by atoms with Gasteiger partial charge in [0.25, 0.3) is 0 Å². The van der Waals surface area contributed by atoms with E-state index in [0.717, 1.165) is 5.56 Å². The number of ether oxygens (including phenoxy) is 1. The molecule has 2 N–H and O–H groups in total. The average molecular weight is 290 g/mol. The van der Waals surface area contributed by atoms with Crippen LogP contribution in [-0.4, -0.2) is 37.1 Å². The van der Waals surface area contributed by atoms with E-state index in [4.69, 9.17) is 10.5 Å². The van der Waals surface area contributed by atoms with Crippen LogP contribution in [0.15, 0.2) is 24.3 Å². The molecule has 0 saturated carbocycles. The molecule has 1 amide bonds. The molecule has 1 heterocycles. The number of likely N-dealkylation sites (tertiary alicyclic amines) is 1. The zero-order valence-corrected chi connectivity index (χ0v) is 13.4. The maximum atomic E-state index is 12.1. The summed E-state index contributed by atoms with van der Waals surface area (Å²) < 4.78 is 5.10. The largest absolute Gasteiger partial charge is 0.383 e. The number of methoxy groups -OCH3 is 1. The molecule has 1 aromatic carbocycles. The van der Waals surface area contributed by atoms with Crippen molar-refractivity contribution < 1.29 is 9.53 Å². The fourth-order valence-corrected chi connectivity index (χ4v) is 2.88. The van der Waals surface area contributed by atoms with E-state index in [1.165, 1.54) is 5.56 Å². The molecule has 4 nitrogen and oxygen atoms in total. The van der Waals surface area contributed by atoms with Gasteiger partial charge in [-0.3, -0.25) is 4.79 Å². The van der Waals surface area contributed by atoms with E-state index >= 15 is 0 Å². The summed E-state index contributed by atoms with van der Waals surface area (Å²) in [7, 11) is 1.65. The molecule has 1 fully saturated rings. The number of amides is 1. The zero-order chi connectivity index (χ0) is 15.6. The Morgan fingerprint density at radius 1 is 1.29 bits per heavy atom. The van der Waals surface area contributed by atoms with Crippen LogP contribution >= 0.6 is 0 Å². The van der Waals surface area contributed by atoms with E-state index in [2.05, 4.69) is 45.0 Å². The minimum atomic E-state index is -0.144. The number of hydrogen-bond donors (Lipinski definition) is 1. The number of carbonyl (C=O) groups is 1. The molecule has 0 bridgehead atoms. The van der Waals surface area contributed by atoms with Crippen molar-refractivity contribution in [1.29, 1.82) is 0 Å². The molecule has 1 saturated heterocycles. The van der Waals surface area contributed by atoms with Crippen LogP contribution in [0.25, 0.3) is 0 Å². The van der Waals surface area contributed by atoms with Crippen LogP contribution in [0.1, 0.15) is 44.4 Å². The summed E-state index contributed by atoms with van der Waals surface area (Å²) in [5, 5.41) is 0. The number of benzene rings is 1. The predicted molar refractivity (Wildman–Crippen MR) is 84.1 cm³/mol. The van der Waals surface area contributed by atoms with Crippen LogP contribution in [-0.2, 0) is 14.9 Å². The molecular formula is C17H26N2O2. The summed E-state index contributed by atoms with van der Waals surface area (Å²) >= 11 is 0. The van der Waals surface area contributed by atoms with Gasteiger partial charge in [-0.05, 0) is 16.5 Å². The maximum Gasteiger partial charge on any atom is 0.224 e. The van der Waals surface area contributed by atoms with Gasteiger partial charge in [-0.25, -0.2) is 0 Å². The topological polar surface area (TPSA) is 55.6 Å². The SMILES string of the molecule is COCCN1C(=O)CC(N)C1c1ccc(C(C)(C)C)cc1. The molecule has 1 aliphatic heterocycles. The van der Waals surface area contributed by atoms with Crippen molar-refractivity contribution in [3.8, 4) is 0 Å². The fraction of sp³-hybridized carbons (Fsp3) is 0.588. The van der Waals surface area contributed by atoms with Crippen molar-refractivity contribution in [3.63, 3.8) is 0 Å². The van der Waals surface area contributed by atoms with Crippen molar-refractivity contribution in [2.45, 2.75) is 44.7 Å². The molecule has 1 aromatic rings. The second-order valence-electron chi connectivity index (χ2n) is 6.76. The number of nitrogens with two attached hydrogens (primary N) is 1. The lowest BCUT2D eigenvalue weighted by Gasteiger charge is -2.28. The van der Waals surface area contributed by atoms with E-state index in [1.807, 2.05) is 4.90 Å². The van der Waals surface area contributed by atoms with E-state index in [0.29, 0.717) is 19.6 Å². The van der Waals surface area contributed by atoms with Crippen LogP contribution in [0, 0.1) is 0 Å². The Kier molecular flexibility index (Phi) is 4.69. The zero-order valence-electron chi connectivity index (χ0n) is 13.4. The first-order valence-corrected chi connectivity index (χ1v) is 7.49. The fourth-order valence-electron chi connectivity index (χ4n) is 2.88. The summed E-state index contributed by atoms with van der Waals surface area (Å²) in [4.78, 5) is 13.9. The van der Waals surface area contributed by atoms with Crippen LogP contribution in [0.4, 0.5) is 0 Å². The molecule has 0 aromatic heterocycles. The minimum absolute atomic E-state index is 0.0401. The van der Waals surface area contributed by atoms with Gasteiger partial charge in [0.2, 0.25) is 5.91 Å². The second kappa shape index (κ2) is 6.16. The standard InChI is InChI=1S/C17H26N2O2/c1-17(2,3)13-7-5-12(6-8-13)16-14(18)11-15(20)19(16)9-10-21-4/h5-8,14,16H,9-11,18H2,1-4H3. The van der Waals surface area contributed by atoms with Gasteiger partial charge >= 0.3 is 0 Å². The highest BCUT2D eigenvalue weighted by atomic mass is 16.5. The Morgan fingerprint density at radius 2 is 1.90 bits per heavy atom. The van der Waals surface area contributed by atoms with E-state index in [-0.39, 0.29) is 23.4 Å². The molecular weight excluding hydrogens is 264 g/mol. The van der Waals surface area contributed by atoms with Crippen LogP contribution < -0.4 is 5.73 Å². The normalized spacial score (nSPS) is 22.9. The van der Waals surface area contributed by atoms with Gasteiger partial charge in [-0.15, -0.1) is 0 Å². The maximum absolute atomic E-state index is 12.1. The predicted octanol–water partition coefficient (Wildman–Crippen LogP) is 2.23. The molecule has 1 aliphatic rings. The summed E-state index contributed by atoms with van der Waals surface area (Å²) in [6.07, 6.45) is 0.412. The highest BCUT2D eigenvalue weighted by Crippen LogP contribution is 2.33. The van der Waals surface area contributed by atoms with Crippen molar-refractivity contribution in [2.75, 3.05) is 20.3 Å². The van der Waals surface area contributed by atoms with E-state index in [9.17, 15) is 4.79 Å². The third-order valence-corrected chi connectivity index (χ3v) is 4.13. The monoisotopic (exact) mass is 290 g/mol. The Labute approximate surface area is 127 Å². The summed E-state index contributed by atoms with van der Waals surface area (Å²) in [6.45, 7) is 7.71. The lowest BCUT2D eigenvalue weighted by molar-refractivity contribution is -0.129. The van der Waals surface area contributed by atoms with E-state index in [1.54, 1.807) is 7.11 Å². The molecule has 2 rings (SSSR count). The van der Waals surface area contributed by atoms with Gasteiger partial charge in [0.05, 0.1) is 12.6 Å². The van der Waals surface area contributed by atoms with Gasteiger partial charge < -0.3 is 15.4 Å². The van der Waals surface area contributed by atoms with Crippen LogP contribution in [0.2, 0.25) is 0 Å². The first-order chi connectivity index (χ1) is 9.84. The smallest absolute Gasteiger partial charge is 0.224 e.